The first-order valence-corrected chi connectivity index (χ1v) is 11.8. The molecule has 0 bridgehead atoms. The lowest BCUT2D eigenvalue weighted by Gasteiger charge is -2.35. The highest BCUT2D eigenvalue weighted by Gasteiger charge is 2.34. The number of hydrogen-bond acceptors (Lipinski definition) is 5. The van der Waals surface area contributed by atoms with E-state index < -0.39 is 0 Å². The fourth-order valence-corrected chi connectivity index (χ4v) is 4.58. The molecule has 2 saturated heterocycles. The summed E-state index contributed by atoms with van der Waals surface area (Å²) in [5, 5.41) is 16.5. The van der Waals surface area contributed by atoms with Crippen molar-refractivity contribution in [1.29, 1.82) is 0 Å². The molecule has 0 saturated carbocycles. The number of aliphatic hydroxyl groups excluding tert-OH is 1. The Morgan fingerprint density at radius 3 is 2.61 bits per heavy atom. The van der Waals surface area contributed by atoms with Crippen molar-refractivity contribution in [3.05, 3.63) is 29.8 Å². The molecule has 31 heavy (non-hydrogen) atoms. The lowest BCUT2D eigenvalue weighted by atomic mass is 9.84. The summed E-state index contributed by atoms with van der Waals surface area (Å²) in [5.74, 6) is 1.72. The molecule has 7 heteroatoms. The number of aliphatic imine (C=N–C) groups is 1. The van der Waals surface area contributed by atoms with Gasteiger partial charge in [0.2, 0.25) is 0 Å². The Morgan fingerprint density at radius 2 is 2.00 bits per heavy atom. The van der Waals surface area contributed by atoms with Crippen LogP contribution in [0.25, 0.3) is 0 Å². The summed E-state index contributed by atoms with van der Waals surface area (Å²) in [7, 11) is 1.71. The molecule has 2 heterocycles. The number of piperidine rings is 1. The number of rotatable bonds is 10. The number of hydrogen-bond donors (Lipinski definition) is 3. The second-order valence-corrected chi connectivity index (χ2v) is 8.74. The molecule has 0 amide bonds. The van der Waals surface area contributed by atoms with Crippen molar-refractivity contribution in [3.8, 4) is 5.75 Å². The van der Waals surface area contributed by atoms with Crippen LogP contribution in [0.2, 0.25) is 0 Å². The van der Waals surface area contributed by atoms with Crippen LogP contribution >= 0.6 is 0 Å². The second kappa shape index (κ2) is 12.3. The van der Waals surface area contributed by atoms with E-state index in [0.717, 1.165) is 57.3 Å². The minimum Gasteiger partial charge on any atom is -0.497 e. The third kappa shape index (κ3) is 6.82. The molecule has 2 fully saturated rings. The summed E-state index contributed by atoms with van der Waals surface area (Å²) in [5.41, 5.74) is 1.26. The molecule has 0 spiro atoms. The molecule has 2 aliphatic rings. The average Bonchev–Trinajstić information content (AvgIpc) is 3.27. The number of benzene rings is 1. The highest BCUT2D eigenvalue weighted by atomic mass is 16.5. The number of likely N-dealkylation sites (tertiary alicyclic amines) is 1. The minimum absolute atomic E-state index is 0.0423. The Morgan fingerprint density at radius 1 is 1.23 bits per heavy atom. The normalized spacial score (nSPS) is 23.5. The van der Waals surface area contributed by atoms with Gasteiger partial charge >= 0.3 is 0 Å². The molecule has 7 nitrogen and oxygen atoms in total. The number of guanidine groups is 1. The molecule has 0 aliphatic carbocycles. The Hall–Kier alpha value is -1.83. The van der Waals surface area contributed by atoms with Crippen molar-refractivity contribution >= 4 is 5.96 Å². The molecule has 1 aromatic rings. The molecule has 2 atom stereocenters. The van der Waals surface area contributed by atoms with Gasteiger partial charge in [-0.25, -0.2) is 0 Å². The summed E-state index contributed by atoms with van der Waals surface area (Å²) >= 11 is 0. The number of methoxy groups -OCH3 is 1. The number of nitrogens with one attached hydrogen (secondary N) is 2. The van der Waals surface area contributed by atoms with E-state index in [2.05, 4.69) is 34.6 Å². The van der Waals surface area contributed by atoms with Crippen molar-refractivity contribution in [3.63, 3.8) is 0 Å². The maximum absolute atomic E-state index is 9.49. The quantitative estimate of drug-likeness (QED) is 0.390. The smallest absolute Gasteiger partial charge is 0.191 e. The van der Waals surface area contributed by atoms with Crippen LogP contribution in [0, 0.1) is 5.41 Å². The number of ether oxygens (including phenoxy) is 2. The lowest BCUT2D eigenvalue weighted by Crippen LogP contribution is -2.45. The monoisotopic (exact) mass is 432 g/mol. The molecule has 2 unspecified atom stereocenters. The first-order valence-electron chi connectivity index (χ1n) is 11.8. The number of nitrogens with zero attached hydrogens (tertiary/aromatic N) is 2. The van der Waals surface area contributed by atoms with Crippen LogP contribution in [0.15, 0.2) is 29.3 Å². The first kappa shape index (κ1) is 23.8. The highest BCUT2D eigenvalue weighted by Crippen LogP contribution is 2.32. The van der Waals surface area contributed by atoms with E-state index >= 15 is 0 Å². The summed E-state index contributed by atoms with van der Waals surface area (Å²) in [6.45, 7) is 8.23. The first-order chi connectivity index (χ1) is 15.2. The van der Waals surface area contributed by atoms with E-state index in [0.29, 0.717) is 13.2 Å². The van der Waals surface area contributed by atoms with Crippen molar-refractivity contribution in [2.45, 2.75) is 45.1 Å². The van der Waals surface area contributed by atoms with Gasteiger partial charge in [0.15, 0.2) is 5.96 Å². The zero-order valence-corrected chi connectivity index (χ0v) is 19.2. The Labute approximate surface area is 187 Å². The van der Waals surface area contributed by atoms with Crippen LogP contribution < -0.4 is 15.4 Å². The van der Waals surface area contributed by atoms with Crippen LogP contribution in [0.5, 0.6) is 5.75 Å². The third-order valence-electron chi connectivity index (χ3n) is 6.54. The fraction of sp³-hybridized carbons (Fsp3) is 0.708. The van der Waals surface area contributed by atoms with E-state index in [-0.39, 0.29) is 18.1 Å². The molecular formula is C24H40N4O3. The fourth-order valence-electron chi connectivity index (χ4n) is 4.58. The van der Waals surface area contributed by atoms with Gasteiger partial charge in [0, 0.05) is 31.7 Å². The van der Waals surface area contributed by atoms with Gasteiger partial charge in [-0.15, -0.1) is 0 Å². The molecule has 2 aliphatic heterocycles. The van der Waals surface area contributed by atoms with E-state index in [9.17, 15) is 5.11 Å². The predicted octanol–water partition coefficient (Wildman–Crippen LogP) is 2.57. The van der Waals surface area contributed by atoms with Crippen molar-refractivity contribution in [2.24, 2.45) is 10.4 Å². The van der Waals surface area contributed by atoms with Gasteiger partial charge in [-0.1, -0.05) is 18.6 Å². The Balaban J connectivity index is 1.70. The molecule has 0 aromatic heterocycles. The van der Waals surface area contributed by atoms with Crippen LogP contribution in [-0.2, 0) is 4.74 Å². The Kier molecular flexibility index (Phi) is 9.43. The Bertz CT molecular complexity index is 668. The van der Waals surface area contributed by atoms with Gasteiger partial charge in [0.1, 0.15) is 5.75 Å². The van der Waals surface area contributed by atoms with Crippen molar-refractivity contribution in [2.75, 3.05) is 59.7 Å². The van der Waals surface area contributed by atoms with Gasteiger partial charge in [-0.2, -0.15) is 0 Å². The topological polar surface area (TPSA) is 78.4 Å². The lowest BCUT2D eigenvalue weighted by molar-refractivity contribution is 0.131. The zero-order chi connectivity index (χ0) is 21.9. The maximum atomic E-state index is 9.49. The van der Waals surface area contributed by atoms with Gasteiger partial charge < -0.3 is 25.2 Å². The van der Waals surface area contributed by atoms with E-state index in [1.807, 2.05) is 12.1 Å². The summed E-state index contributed by atoms with van der Waals surface area (Å²) in [6, 6.07) is 8.73. The summed E-state index contributed by atoms with van der Waals surface area (Å²) < 4.78 is 11.0. The van der Waals surface area contributed by atoms with Crippen LogP contribution in [0.4, 0.5) is 0 Å². The van der Waals surface area contributed by atoms with Crippen molar-refractivity contribution in [1.82, 2.24) is 15.5 Å². The highest BCUT2D eigenvalue weighted by molar-refractivity contribution is 5.79. The largest absolute Gasteiger partial charge is 0.497 e. The number of aliphatic hydroxyl groups is 1. The molecule has 3 N–H and O–H groups in total. The van der Waals surface area contributed by atoms with Crippen LogP contribution in [0.3, 0.4) is 0 Å². The van der Waals surface area contributed by atoms with Gasteiger partial charge in [-0.3, -0.25) is 9.89 Å². The summed E-state index contributed by atoms with van der Waals surface area (Å²) in [4.78, 5) is 7.47. The predicted molar refractivity (Wildman–Crippen MR) is 125 cm³/mol. The van der Waals surface area contributed by atoms with Crippen LogP contribution in [0.1, 0.15) is 50.6 Å². The molecule has 1 aromatic carbocycles. The average molecular weight is 433 g/mol. The van der Waals surface area contributed by atoms with Crippen LogP contribution in [-0.4, -0.2) is 75.6 Å². The molecule has 0 radical (unpaired) electrons. The van der Waals surface area contributed by atoms with Gasteiger partial charge in [0.25, 0.3) is 0 Å². The summed E-state index contributed by atoms with van der Waals surface area (Å²) in [6.07, 6.45) is 5.52. The maximum Gasteiger partial charge on any atom is 0.191 e. The van der Waals surface area contributed by atoms with Crippen molar-refractivity contribution < 1.29 is 14.6 Å². The standard InChI is InChI=1S/C24H40N4O3/c1-3-25-23(27-18-24(11-15-29)12-16-31-19-24)26-17-22(28-13-5-4-6-14-28)20-7-9-21(30-2)10-8-20/h7-10,22,29H,3-6,11-19H2,1-2H3,(H2,25,26,27). The van der Waals surface area contributed by atoms with Gasteiger partial charge in [0.05, 0.1) is 26.3 Å². The molecule has 3 rings (SSSR count). The minimum atomic E-state index is -0.0423. The molecule has 174 valence electrons. The van der Waals surface area contributed by atoms with E-state index in [4.69, 9.17) is 14.5 Å². The molecular weight excluding hydrogens is 392 g/mol. The third-order valence-corrected chi connectivity index (χ3v) is 6.54. The van der Waals surface area contributed by atoms with Gasteiger partial charge in [-0.05, 0) is 63.4 Å². The van der Waals surface area contributed by atoms with E-state index in [1.165, 1.54) is 24.8 Å². The van der Waals surface area contributed by atoms with E-state index in [1.54, 1.807) is 7.11 Å². The second-order valence-electron chi connectivity index (χ2n) is 8.74. The SMILES string of the molecule is CCNC(=NCC1(CCO)CCOC1)NCC(c1ccc(OC)cc1)N1CCCCC1. The zero-order valence-electron chi connectivity index (χ0n) is 19.2.